The van der Waals surface area contributed by atoms with Crippen molar-refractivity contribution in [3.05, 3.63) is 42.2 Å². The van der Waals surface area contributed by atoms with Gasteiger partial charge in [-0.05, 0) is 37.5 Å². The molecule has 1 aliphatic heterocycles. The number of aryl methyl sites for hydroxylation is 1. The minimum atomic E-state index is -2.83. The van der Waals surface area contributed by atoms with E-state index in [1.165, 1.54) is 0 Å². The molecular formula is C20H29F2IN6O. The predicted molar refractivity (Wildman–Crippen MR) is 125 cm³/mol. The second kappa shape index (κ2) is 11.9. The zero-order chi connectivity index (χ0) is 20.6. The van der Waals surface area contributed by atoms with Crippen LogP contribution in [0.2, 0.25) is 0 Å². The minimum absolute atomic E-state index is 0. The maximum atomic E-state index is 12.7. The van der Waals surface area contributed by atoms with Crippen molar-refractivity contribution < 1.29 is 13.5 Å². The number of nitrogens with one attached hydrogen (secondary N) is 2. The fraction of sp³-hybridized carbons (Fsp3) is 0.500. The van der Waals surface area contributed by atoms with Gasteiger partial charge in [-0.1, -0.05) is 12.1 Å². The second-order valence-electron chi connectivity index (χ2n) is 6.96. The molecule has 166 valence electrons. The molecule has 1 atom stereocenters. The lowest BCUT2D eigenvalue weighted by molar-refractivity contribution is -0.0495. The Balaban J connectivity index is 0.00000320. The summed E-state index contributed by atoms with van der Waals surface area (Å²) < 4.78 is 31.8. The quantitative estimate of drug-likeness (QED) is 0.310. The van der Waals surface area contributed by atoms with Gasteiger partial charge in [0.2, 0.25) is 0 Å². The number of aromatic nitrogens is 2. The van der Waals surface area contributed by atoms with Gasteiger partial charge in [-0.25, -0.2) is 0 Å². The summed E-state index contributed by atoms with van der Waals surface area (Å²) >= 11 is 0. The van der Waals surface area contributed by atoms with Gasteiger partial charge >= 0.3 is 6.61 Å². The van der Waals surface area contributed by atoms with Gasteiger partial charge in [0.25, 0.3) is 0 Å². The van der Waals surface area contributed by atoms with Crippen molar-refractivity contribution in [3.63, 3.8) is 0 Å². The molecule has 1 aliphatic rings. The maximum absolute atomic E-state index is 12.7. The number of alkyl halides is 2. The normalized spacial score (nSPS) is 16.5. The number of rotatable bonds is 8. The zero-order valence-corrected chi connectivity index (χ0v) is 19.6. The molecule has 2 aromatic rings. The summed E-state index contributed by atoms with van der Waals surface area (Å²) in [6, 6.07) is 7.09. The zero-order valence-electron chi connectivity index (χ0n) is 17.2. The first-order valence-corrected chi connectivity index (χ1v) is 9.86. The fourth-order valence-electron chi connectivity index (χ4n) is 3.42. The number of hydrogen-bond donors (Lipinski definition) is 2. The third kappa shape index (κ3) is 6.99. The molecule has 0 spiro atoms. The third-order valence-corrected chi connectivity index (χ3v) is 4.72. The van der Waals surface area contributed by atoms with E-state index in [4.69, 9.17) is 0 Å². The molecule has 0 bridgehead atoms. The van der Waals surface area contributed by atoms with Gasteiger partial charge in [0, 0.05) is 45.5 Å². The summed E-state index contributed by atoms with van der Waals surface area (Å²) in [4.78, 5) is 6.72. The van der Waals surface area contributed by atoms with E-state index < -0.39 is 6.61 Å². The van der Waals surface area contributed by atoms with Gasteiger partial charge in [-0.2, -0.15) is 13.9 Å². The van der Waals surface area contributed by atoms with Crippen molar-refractivity contribution >= 4 is 35.6 Å². The minimum Gasteiger partial charge on any atom is -0.433 e. The monoisotopic (exact) mass is 534 g/mol. The lowest BCUT2D eigenvalue weighted by atomic mass is 10.2. The van der Waals surface area contributed by atoms with Crippen LogP contribution < -0.4 is 20.3 Å². The van der Waals surface area contributed by atoms with Crippen LogP contribution in [0.3, 0.4) is 0 Å². The summed E-state index contributed by atoms with van der Waals surface area (Å²) in [7, 11) is 1.90. The summed E-state index contributed by atoms with van der Waals surface area (Å²) in [5.74, 6) is 0.973. The number of hydrogen-bond acceptors (Lipinski definition) is 4. The smallest absolute Gasteiger partial charge is 0.387 e. The Kier molecular flexibility index (Phi) is 9.60. The Bertz CT molecular complexity index is 816. The van der Waals surface area contributed by atoms with Crippen LogP contribution in [0, 0.1) is 0 Å². The summed E-state index contributed by atoms with van der Waals surface area (Å²) in [5, 5.41) is 10.9. The van der Waals surface area contributed by atoms with Gasteiger partial charge in [-0.15, -0.1) is 24.0 Å². The molecule has 1 aromatic heterocycles. The molecule has 0 radical (unpaired) electrons. The molecule has 1 fully saturated rings. The first-order valence-electron chi connectivity index (χ1n) is 9.86. The highest BCUT2D eigenvalue weighted by molar-refractivity contribution is 14.0. The topological polar surface area (TPSA) is 66.7 Å². The highest BCUT2D eigenvalue weighted by atomic mass is 127. The molecule has 0 saturated carbocycles. The van der Waals surface area contributed by atoms with E-state index in [1.807, 2.05) is 38.5 Å². The van der Waals surface area contributed by atoms with Crippen LogP contribution in [0.4, 0.5) is 14.5 Å². The summed E-state index contributed by atoms with van der Waals surface area (Å²) in [6.07, 6.45) is 5.54. The molecule has 1 saturated heterocycles. The number of nitrogens with zero attached hydrogens (tertiary/aromatic N) is 4. The molecular weight excluding hydrogens is 505 g/mol. The van der Waals surface area contributed by atoms with Crippen LogP contribution in [0.1, 0.15) is 18.9 Å². The Morgan fingerprint density at radius 3 is 2.87 bits per heavy atom. The van der Waals surface area contributed by atoms with Crippen molar-refractivity contribution in [1.29, 1.82) is 0 Å². The SMILES string of the molecule is CCNC(=NCCc1cnn(C)c1)NC1CCN(c2ccccc2OC(F)F)C1.I. The third-order valence-electron chi connectivity index (χ3n) is 4.72. The lowest BCUT2D eigenvalue weighted by Crippen LogP contribution is -2.44. The number of aliphatic imine (C=N–C) groups is 1. The van der Waals surface area contributed by atoms with Crippen molar-refractivity contribution in [2.45, 2.75) is 32.4 Å². The Hall–Kier alpha value is -2.11. The van der Waals surface area contributed by atoms with Gasteiger partial charge < -0.3 is 20.3 Å². The van der Waals surface area contributed by atoms with Crippen molar-refractivity contribution in [2.75, 3.05) is 31.1 Å². The molecule has 3 rings (SSSR count). The van der Waals surface area contributed by atoms with Crippen LogP contribution in [0.15, 0.2) is 41.7 Å². The van der Waals surface area contributed by atoms with Gasteiger partial charge in [0.05, 0.1) is 11.9 Å². The largest absolute Gasteiger partial charge is 0.433 e. The first kappa shape index (κ1) is 24.2. The Labute approximate surface area is 192 Å². The molecule has 10 heteroatoms. The van der Waals surface area contributed by atoms with E-state index >= 15 is 0 Å². The van der Waals surface area contributed by atoms with E-state index in [-0.39, 0.29) is 35.8 Å². The van der Waals surface area contributed by atoms with E-state index in [1.54, 1.807) is 16.8 Å². The van der Waals surface area contributed by atoms with Crippen LogP contribution in [-0.2, 0) is 13.5 Å². The van der Waals surface area contributed by atoms with E-state index in [0.29, 0.717) is 18.8 Å². The summed E-state index contributed by atoms with van der Waals surface area (Å²) in [6.45, 7) is 2.06. The summed E-state index contributed by atoms with van der Waals surface area (Å²) in [5.41, 5.74) is 1.84. The van der Waals surface area contributed by atoms with Crippen molar-refractivity contribution in [2.24, 2.45) is 12.0 Å². The molecule has 1 aromatic carbocycles. The molecule has 2 N–H and O–H groups in total. The predicted octanol–water partition coefficient (Wildman–Crippen LogP) is 3.02. The average molecular weight is 534 g/mol. The number of para-hydroxylation sites is 2. The maximum Gasteiger partial charge on any atom is 0.387 e. The average Bonchev–Trinajstić information content (AvgIpc) is 3.31. The molecule has 0 amide bonds. The van der Waals surface area contributed by atoms with Crippen LogP contribution in [0.5, 0.6) is 5.75 Å². The standard InChI is InChI=1S/C20H28F2N6O.HI/c1-3-23-20(24-10-8-15-12-25-27(2)13-15)26-16-9-11-28(14-16)17-6-4-5-7-18(17)29-19(21)22;/h4-7,12-13,16,19H,3,8-11,14H2,1-2H3,(H2,23,24,26);1H. The highest BCUT2D eigenvalue weighted by Gasteiger charge is 2.26. The van der Waals surface area contributed by atoms with Crippen molar-refractivity contribution in [1.82, 2.24) is 20.4 Å². The molecule has 0 aliphatic carbocycles. The molecule has 30 heavy (non-hydrogen) atoms. The highest BCUT2D eigenvalue weighted by Crippen LogP contribution is 2.31. The van der Waals surface area contributed by atoms with Crippen LogP contribution in [-0.4, -0.2) is 54.6 Å². The fourth-order valence-corrected chi connectivity index (χ4v) is 3.42. The van der Waals surface area contributed by atoms with Gasteiger partial charge in [-0.3, -0.25) is 9.67 Å². The number of benzene rings is 1. The Morgan fingerprint density at radius 2 is 2.17 bits per heavy atom. The number of guanidine groups is 1. The number of anilines is 1. The first-order chi connectivity index (χ1) is 14.0. The number of ether oxygens (including phenoxy) is 1. The molecule has 1 unspecified atom stereocenters. The van der Waals surface area contributed by atoms with E-state index in [0.717, 1.165) is 37.5 Å². The Morgan fingerprint density at radius 1 is 1.37 bits per heavy atom. The van der Waals surface area contributed by atoms with Crippen LogP contribution in [0.25, 0.3) is 0 Å². The second-order valence-corrected chi connectivity index (χ2v) is 6.96. The van der Waals surface area contributed by atoms with E-state index in [9.17, 15) is 8.78 Å². The van der Waals surface area contributed by atoms with Gasteiger partial charge in [0.1, 0.15) is 5.75 Å². The lowest BCUT2D eigenvalue weighted by Gasteiger charge is -2.22. The van der Waals surface area contributed by atoms with Crippen LogP contribution >= 0.6 is 24.0 Å². The number of halogens is 3. The van der Waals surface area contributed by atoms with Crippen molar-refractivity contribution in [3.8, 4) is 5.75 Å². The molecule has 2 heterocycles. The van der Waals surface area contributed by atoms with E-state index in [2.05, 4.69) is 30.4 Å². The molecule has 7 nitrogen and oxygen atoms in total. The van der Waals surface area contributed by atoms with Gasteiger partial charge in [0.15, 0.2) is 5.96 Å².